The fraction of sp³-hybridized carbons (Fsp3) is 0.333. The van der Waals surface area contributed by atoms with E-state index in [1.54, 1.807) is 42.5 Å². The third-order valence-electron chi connectivity index (χ3n) is 4.02. The molecule has 1 aliphatic carbocycles. The van der Waals surface area contributed by atoms with Crippen LogP contribution in [-0.4, -0.2) is 14.5 Å². The Morgan fingerprint density at radius 1 is 1.04 bits per heavy atom. The number of ether oxygens (including phenoxy) is 1. The van der Waals surface area contributed by atoms with Gasteiger partial charge in [0.2, 0.25) is 0 Å². The molecule has 2 aromatic carbocycles. The molecule has 2 aromatic rings. The number of rotatable bonds is 5. The fourth-order valence-electron chi connectivity index (χ4n) is 2.76. The van der Waals surface area contributed by atoms with Gasteiger partial charge in [0.25, 0.3) is 10.0 Å². The number of anilines is 1. The molecular formula is C18H21NO3S. The van der Waals surface area contributed by atoms with E-state index in [0.29, 0.717) is 11.4 Å². The van der Waals surface area contributed by atoms with Crippen LogP contribution in [0.3, 0.4) is 0 Å². The summed E-state index contributed by atoms with van der Waals surface area (Å²) in [5, 5.41) is 0. The molecule has 4 nitrogen and oxygen atoms in total. The SMILES string of the molecule is Cc1ccc(S(=O)(=O)Nc2cccc(OC3CCCC3)c2)cc1. The average molecular weight is 331 g/mol. The Balaban J connectivity index is 1.75. The molecule has 1 saturated carbocycles. The van der Waals surface area contributed by atoms with Crippen LogP contribution in [0.2, 0.25) is 0 Å². The lowest BCUT2D eigenvalue weighted by atomic mass is 10.2. The highest BCUT2D eigenvalue weighted by Crippen LogP contribution is 2.26. The standard InChI is InChI=1S/C18H21NO3S/c1-14-9-11-18(12-10-14)23(20,21)19-15-5-4-8-17(13-15)22-16-6-2-3-7-16/h4-5,8-13,16,19H,2-3,6-7H2,1H3. The van der Waals surface area contributed by atoms with Gasteiger partial charge >= 0.3 is 0 Å². The molecule has 3 rings (SSSR count). The van der Waals surface area contributed by atoms with Crippen LogP contribution in [0.4, 0.5) is 5.69 Å². The van der Waals surface area contributed by atoms with Crippen molar-refractivity contribution >= 4 is 15.7 Å². The first-order valence-corrected chi connectivity index (χ1v) is 9.37. The molecule has 23 heavy (non-hydrogen) atoms. The van der Waals surface area contributed by atoms with Crippen LogP contribution in [0.1, 0.15) is 31.2 Å². The molecule has 0 spiro atoms. The second-order valence-electron chi connectivity index (χ2n) is 5.97. The monoisotopic (exact) mass is 331 g/mol. The molecule has 0 radical (unpaired) electrons. The molecule has 0 atom stereocenters. The first-order chi connectivity index (χ1) is 11.0. The zero-order valence-corrected chi connectivity index (χ0v) is 14.0. The van der Waals surface area contributed by atoms with Crippen molar-refractivity contribution in [2.45, 2.75) is 43.6 Å². The average Bonchev–Trinajstić information content (AvgIpc) is 3.00. The zero-order chi connectivity index (χ0) is 16.3. The van der Waals surface area contributed by atoms with Gasteiger partial charge in [0.1, 0.15) is 5.75 Å². The molecule has 122 valence electrons. The van der Waals surface area contributed by atoms with Crippen LogP contribution in [0.5, 0.6) is 5.75 Å². The van der Waals surface area contributed by atoms with E-state index in [4.69, 9.17) is 4.74 Å². The second-order valence-corrected chi connectivity index (χ2v) is 7.65. The minimum absolute atomic E-state index is 0.249. The molecule has 0 unspecified atom stereocenters. The van der Waals surface area contributed by atoms with E-state index in [2.05, 4.69) is 4.72 Å². The highest BCUT2D eigenvalue weighted by Gasteiger charge is 2.17. The smallest absolute Gasteiger partial charge is 0.261 e. The van der Waals surface area contributed by atoms with E-state index in [9.17, 15) is 8.42 Å². The number of aryl methyl sites for hydroxylation is 1. The summed E-state index contributed by atoms with van der Waals surface area (Å²) in [6.45, 7) is 1.92. The highest BCUT2D eigenvalue weighted by molar-refractivity contribution is 7.92. The van der Waals surface area contributed by atoms with Crippen molar-refractivity contribution in [3.05, 3.63) is 54.1 Å². The third kappa shape index (κ3) is 4.05. The second kappa shape index (κ2) is 6.62. The van der Waals surface area contributed by atoms with Crippen LogP contribution >= 0.6 is 0 Å². The van der Waals surface area contributed by atoms with Crippen molar-refractivity contribution in [1.29, 1.82) is 0 Å². The van der Waals surface area contributed by atoms with Crippen LogP contribution < -0.4 is 9.46 Å². The minimum atomic E-state index is -3.58. The molecule has 1 N–H and O–H groups in total. The van der Waals surface area contributed by atoms with Crippen molar-refractivity contribution in [3.63, 3.8) is 0 Å². The Morgan fingerprint density at radius 2 is 1.74 bits per heavy atom. The van der Waals surface area contributed by atoms with Crippen molar-refractivity contribution in [2.75, 3.05) is 4.72 Å². The normalized spacial score (nSPS) is 15.5. The first-order valence-electron chi connectivity index (χ1n) is 7.89. The van der Waals surface area contributed by atoms with Crippen molar-refractivity contribution in [3.8, 4) is 5.75 Å². The highest BCUT2D eigenvalue weighted by atomic mass is 32.2. The summed E-state index contributed by atoms with van der Waals surface area (Å²) in [6, 6.07) is 13.9. The number of sulfonamides is 1. The van der Waals surface area contributed by atoms with Crippen LogP contribution in [0.15, 0.2) is 53.4 Å². The minimum Gasteiger partial charge on any atom is -0.490 e. The van der Waals surface area contributed by atoms with Gasteiger partial charge in [-0.2, -0.15) is 0 Å². The van der Waals surface area contributed by atoms with Gasteiger partial charge < -0.3 is 4.74 Å². The molecular weight excluding hydrogens is 310 g/mol. The number of hydrogen-bond acceptors (Lipinski definition) is 3. The van der Waals surface area contributed by atoms with Gasteiger partial charge in [0.15, 0.2) is 0 Å². The molecule has 0 amide bonds. The van der Waals surface area contributed by atoms with Crippen molar-refractivity contribution in [1.82, 2.24) is 0 Å². The molecule has 0 bridgehead atoms. The van der Waals surface area contributed by atoms with Crippen LogP contribution in [-0.2, 0) is 10.0 Å². The summed E-state index contributed by atoms with van der Waals surface area (Å²) >= 11 is 0. The summed E-state index contributed by atoms with van der Waals surface area (Å²) < 4.78 is 33.4. The number of nitrogens with one attached hydrogen (secondary N) is 1. The third-order valence-corrected chi connectivity index (χ3v) is 5.42. The molecule has 0 aromatic heterocycles. The van der Waals surface area contributed by atoms with Gasteiger partial charge in [0.05, 0.1) is 16.7 Å². The topological polar surface area (TPSA) is 55.4 Å². The lowest BCUT2D eigenvalue weighted by Gasteiger charge is -2.14. The van der Waals surface area contributed by atoms with Gasteiger partial charge in [-0.05, 0) is 56.9 Å². The predicted molar refractivity (Wildman–Crippen MR) is 91.3 cm³/mol. The molecule has 0 heterocycles. The quantitative estimate of drug-likeness (QED) is 0.897. The van der Waals surface area contributed by atoms with Crippen molar-refractivity contribution in [2.24, 2.45) is 0 Å². The molecule has 1 aliphatic rings. The summed E-state index contributed by atoms with van der Waals surface area (Å²) in [5.74, 6) is 0.709. The number of hydrogen-bond donors (Lipinski definition) is 1. The lowest BCUT2D eigenvalue weighted by molar-refractivity contribution is 0.210. The van der Waals surface area contributed by atoms with Crippen LogP contribution in [0, 0.1) is 6.92 Å². The van der Waals surface area contributed by atoms with E-state index in [0.717, 1.165) is 18.4 Å². The summed E-state index contributed by atoms with van der Waals surface area (Å²) in [6.07, 6.45) is 4.78. The largest absolute Gasteiger partial charge is 0.490 e. The summed E-state index contributed by atoms with van der Waals surface area (Å²) in [4.78, 5) is 0.255. The maximum atomic E-state index is 12.4. The van der Waals surface area contributed by atoms with Gasteiger partial charge in [-0.3, -0.25) is 4.72 Å². The summed E-state index contributed by atoms with van der Waals surface area (Å²) in [7, 11) is -3.58. The molecule has 1 fully saturated rings. The van der Waals surface area contributed by atoms with Gasteiger partial charge in [0, 0.05) is 6.07 Å². The van der Waals surface area contributed by atoms with Gasteiger partial charge in [-0.1, -0.05) is 23.8 Å². The van der Waals surface area contributed by atoms with E-state index in [1.807, 2.05) is 13.0 Å². The molecule has 0 aliphatic heterocycles. The maximum Gasteiger partial charge on any atom is 0.261 e. The Morgan fingerprint density at radius 3 is 2.43 bits per heavy atom. The molecule has 5 heteroatoms. The van der Waals surface area contributed by atoms with Crippen molar-refractivity contribution < 1.29 is 13.2 Å². The Labute approximate surface area is 137 Å². The Kier molecular flexibility index (Phi) is 4.57. The van der Waals surface area contributed by atoms with E-state index in [1.165, 1.54) is 12.8 Å². The predicted octanol–water partition coefficient (Wildman–Crippen LogP) is 4.12. The van der Waals surface area contributed by atoms with E-state index >= 15 is 0 Å². The fourth-order valence-corrected chi connectivity index (χ4v) is 3.81. The lowest BCUT2D eigenvalue weighted by Crippen LogP contribution is -2.14. The Bertz CT molecular complexity index is 763. The maximum absolute atomic E-state index is 12.4. The van der Waals surface area contributed by atoms with Gasteiger partial charge in [-0.15, -0.1) is 0 Å². The zero-order valence-electron chi connectivity index (χ0n) is 13.2. The van der Waals surface area contributed by atoms with Gasteiger partial charge in [-0.25, -0.2) is 8.42 Å². The summed E-state index contributed by atoms with van der Waals surface area (Å²) in [5.41, 5.74) is 1.54. The first kappa shape index (κ1) is 15.9. The van der Waals surface area contributed by atoms with Crippen LogP contribution in [0.25, 0.3) is 0 Å². The Hall–Kier alpha value is -2.01. The van der Waals surface area contributed by atoms with E-state index in [-0.39, 0.29) is 11.0 Å². The van der Waals surface area contributed by atoms with E-state index < -0.39 is 10.0 Å². The molecule has 0 saturated heterocycles. The number of benzene rings is 2.